The van der Waals surface area contributed by atoms with Gasteiger partial charge >= 0.3 is 0 Å². The molecule has 2 aromatic rings. The molecule has 2 rings (SSSR count). The Balaban J connectivity index is 2.08. The van der Waals surface area contributed by atoms with Gasteiger partial charge in [0.2, 0.25) is 0 Å². The van der Waals surface area contributed by atoms with Gasteiger partial charge in [-0.05, 0) is 47.2 Å². The molecule has 0 atom stereocenters. The number of hydrogen-bond acceptors (Lipinski definition) is 3. The van der Waals surface area contributed by atoms with Crippen LogP contribution < -0.4 is 5.32 Å². The van der Waals surface area contributed by atoms with E-state index in [0.717, 1.165) is 33.9 Å². The van der Waals surface area contributed by atoms with Crippen LogP contribution in [0.4, 0.5) is 0 Å². The molecule has 0 saturated carbocycles. The van der Waals surface area contributed by atoms with E-state index in [1.807, 2.05) is 18.2 Å². The Morgan fingerprint density at radius 1 is 1.32 bits per heavy atom. The molecule has 1 amide bonds. The predicted octanol–water partition coefficient (Wildman–Crippen LogP) is 3.15. The molecule has 1 aromatic carbocycles. The lowest BCUT2D eigenvalue weighted by molar-refractivity contribution is 0.0948. The average molecular weight is 369 g/mol. The number of rotatable bonds is 5. The monoisotopic (exact) mass is 369 g/mol. The third-order valence-corrected chi connectivity index (χ3v) is 3.47. The number of carbonyl (C=O) groups excluding carboxylic acids is 1. The van der Waals surface area contributed by atoms with E-state index in [9.17, 15) is 4.79 Å². The first-order chi connectivity index (χ1) is 9.20. The van der Waals surface area contributed by atoms with E-state index in [-0.39, 0.29) is 5.91 Å². The first-order valence-corrected chi connectivity index (χ1v) is 7.49. The minimum absolute atomic E-state index is 0.149. The standard InChI is InChI=1S/C14H16IN3O/c1-2-3-4-7-16-14(19)13-9-17-12-8-10(15)5-6-11(12)18-13/h5-6,8-9H,2-4,7H2,1H3,(H,16,19). The molecule has 0 fully saturated rings. The summed E-state index contributed by atoms with van der Waals surface area (Å²) in [6.45, 7) is 2.83. The van der Waals surface area contributed by atoms with Crippen LogP contribution in [-0.4, -0.2) is 22.4 Å². The maximum Gasteiger partial charge on any atom is 0.271 e. The number of benzene rings is 1. The van der Waals surface area contributed by atoms with Gasteiger partial charge in [0.15, 0.2) is 0 Å². The quantitative estimate of drug-likeness (QED) is 0.651. The van der Waals surface area contributed by atoms with Crippen molar-refractivity contribution < 1.29 is 4.79 Å². The summed E-state index contributed by atoms with van der Waals surface area (Å²) in [6, 6.07) is 5.80. The Labute approximate surface area is 126 Å². The van der Waals surface area contributed by atoms with Gasteiger partial charge in [0.05, 0.1) is 17.2 Å². The SMILES string of the molecule is CCCCCNC(=O)c1cnc2cc(I)ccc2n1. The molecular formula is C14H16IN3O. The van der Waals surface area contributed by atoms with E-state index in [1.54, 1.807) is 0 Å². The number of amides is 1. The van der Waals surface area contributed by atoms with E-state index in [1.165, 1.54) is 6.20 Å². The normalized spacial score (nSPS) is 10.6. The van der Waals surface area contributed by atoms with Crippen LogP contribution >= 0.6 is 22.6 Å². The lowest BCUT2D eigenvalue weighted by Crippen LogP contribution is -2.25. The van der Waals surface area contributed by atoms with Crippen molar-refractivity contribution in [3.8, 4) is 0 Å². The topological polar surface area (TPSA) is 54.9 Å². The number of nitrogens with one attached hydrogen (secondary N) is 1. The van der Waals surface area contributed by atoms with Crippen LogP contribution in [0.3, 0.4) is 0 Å². The molecule has 0 radical (unpaired) electrons. The second-order valence-electron chi connectivity index (χ2n) is 4.35. The van der Waals surface area contributed by atoms with Crippen molar-refractivity contribution in [2.24, 2.45) is 0 Å². The van der Waals surface area contributed by atoms with Crippen molar-refractivity contribution in [1.82, 2.24) is 15.3 Å². The van der Waals surface area contributed by atoms with E-state index in [0.29, 0.717) is 12.2 Å². The average Bonchev–Trinajstić information content (AvgIpc) is 2.42. The van der Waals surface area contributed by atoms with Crippen molar-refractivity contribution in [1.29, 1.82) is 0 Å². The minimum Gasteiger partial charge on any atom is -0.351 e. The highest BCUT2D eigenvalue weighted by Gasteiger charge is 2.08. The summed E-state index contributed by atoms with van der Waals surface area (Å²) >= 11 is 2.23. The van der Waals surface area contributed by atoms with E-state index in [4.69, 9.17) is 0 Å². The van der Waals surface area contributed by atoms with Crippen LogP contribution in [0.5, 0.6) is 0 Å². The first kappa shape index (κ1) is 14.2. The van der Waals surface area contributed by atoms with E-state index >= 15 is 0 Å². The van der Waals surface area contributed by atoms with Crippen molar-refractivity contribution in [2.75, 3.05) is 6.54 Å². The Morgan fingerprint density at radius 2 is 2.16 bits per heavy atom. The summed E-state index contributed by atoms with van der Waals surface area (Å²) in [5, 5.41) is 2.87. The smallest absolute Gasteiger partial charge is 0.271 e. The van der Waals surface area contributed by atoms with Gasteiger partial charge in [0.1, 0.15) is 5.69 Å². The Kier molecular flexibility index (Phi) is 5.07. The van der Waals surface area contributed by atoms with Crippen LogP contribution in [0.1, 0.15) is 36.7 Å². The molecule has 1 N–H and O–H groups in total. The second kappa shape index (κ2) is 6.79. The van der Waals surface area contributed by atoms with Gasteiger partial charge in [-0.2, -0.15) is 0 Å². The number of halogens is 1. The van der Waals surface area contributed by atoms with Crippen LogP contribution in [0.15, 0.2) is 24.4 Å². The van der Waals surface area contributed by atoms with Gasteiger partial charge in [-0.1, -0.05) is 19.8 Å². The molecule has 0 unspecified atom stereocenters. The zero-order valence-corrected chi connectivity index (χ0v) is 13.0. The minimum atomic E-state index is -0.149. The van der Waals surface area contributed by atoms with E-state index < -0.39 is 0 Å². The third kappa shape index (κ3) is 3.86. The molecule has 0 aliphatic heterocycles. The summed E-state index contributed by atoms with van der Waals surface area (Å²) in [4.78, 5) is 20.5. The van der Waals surface area contributed by atoms with Crippen LogP contribution in [0, 0.1) is 3.57 Å². The number of carbonyl (C=O) groups is 1. The maximum absolute atomic E-state index is 11.9. The number of nitrogens with zero attached hydrogens (tertiary/aromatic N) is 2. The summed E-state index contributed by atoms with van der Waals surface area (Å²) in [6.07, 6.45) is 4.81. The molecule has 4 nitrogen and oxygen atoms in total. The number of fused-ring (bicyclic) bond motifs is 1. The molecule has 0 spiro atoms. The summed E-state index contributed by atoms with van der Waals surface area (Å²) in [7, 11) is 0. The maximum atomic E-state index is 11.9. The lowest BCUT2D eigenvalue weighted by Gasteiger charge is -2.05. The highest BCUT2D eigenvalue weighted by molar-refractivity contribution is 14.1. The van der Waals surface area contributed by atoms with Crippen LogP contribution in [0.2, 0.25) is 0 Å². The number of aromatic nitrogens is 2. The molecular weight excluding hydrogens is 353 g/mol. The van der Waals surface area contributed by atoms with Crippen molar-refractivity contribution in [2.45, 2.75) is 26.2 Å². The lowest BCUT2D eigenvalue weighted by atomic mass is 10.2. The zero-order chi connectivity index (χ0) is 13.7. The van der Waals surface area contributed by atoms with Gasteiger partial charge in [-0.25, -0.2) is 4.98 Å². The molecule has 1 aromatic heterocycles. The first-order valence-electron chi connectivity index (χ1n) is 6.41. The third-order valence-electron chi connectivity index (χ3n) is 2.80. The Hall–Kier alpha value is -1.24. The van der Waals surface area contributed by atoms with Crippen molar-refractivity contribution in [3.05, 3.63) is 33.7 Å². The van der Waals surface area contributed by atoms with Gasteiger partial charge in [0, 0.05) is 10.1 Å². The van der Waals surface area contributed by atoms with Crippen LogP contribution in [0.25, 0.3) is 11.0 Å². The number of unbranched alkanes of at least 4 members (excludes halogenated alkanes) is 2. The largest absolute Gasteiger partial charge is 0.351 e. The molecule has 19 heavy (non-hydrogen) atoms. The van der Waals surface area contributed by atoms with E-state index in [2.05, 4.69) is 44.8 Å². The van der Waals surface area contributed by atoms with Gasteiger partial charge < -0.3 is 5.32 Å². The zero-order valence-electron chi connectivity index (χ0n) is 10.8. The fourth-order valence-corrected chi connectivity index (χ4v) is 2.24. The van der Waals surface area contributed by atoms with Crippen LogP contribution in [-0.2, 0) is 0 Å². The Bertz CT molecular complexity index is 586. The summed E-state index contributed by atoms with van der Waals surface area (Å²) in [5.74, 6) is -0.149. The molecule has 5 heteroatoms. The van der Waals surface area contributed by atoms with Gasteiger partial charge in [-0.3, -0.25) is 9.78 Å². The molecule has 1 heterocycles. The summed E-state index contributed by atoms with van der Waals surface area (Å²) < 4.78 is 1.11. The second-order valence-corrected chi connectivity index (χ2v) is 5.60. The molecule has 0 bridgehead atoms. The molecule has 100 valence electrons. The molecule has 0 aliphatic carbocycles. The number of hydrogen-bond donors (Lipinski definition) is 1. The highest BCUT2D eigenvalue weighted by Crippen LogP contribution is 2.13. The summed E-state index contributed by atoms with van der Waals surface area (Å²) in [5.41, 5.74) is 1.95. The highest BCUT2D eigenvalue weighted by atomic mass is 127. The van der Waals surface area contributed by atoms with Gasteiger partial charge in [-0.15, -0.1) is 0 Å². The van der Waals surface area contributed by atoms with Gasteiger partial charge in [0.25, 0.3) is 5.91 Å². The Morgan fingerprint density at radius 3 is 2.95 bits per heavy atom. The van der Waals surface area contributed by atoms with Crippen molar-refractivity contribution in [3.63, 3.8) is 0 Å². The predicted molar refractivity (Wildman–Crippen MR) is 84.1 cm³/mol. The molecule has 0 aliphatic rings. The van der Waals surface area contributed by atoms with Crippen molar-refractivity contribution >= 4 is 39.5 Å². The fourth-order valence-electron chi connectivity index (χ4n) is 1.76. The fraction of sp³-hybridized carbons (Fsp3) is 0.357. The molecule has 0 saturated heterocycles.